The molecule has 1 atom stereocenters. The van der Waals surface area contributed by atoms with Gasteiger partial charge in [0.15, 0.2) is 6.10 Å². The van der Waals surface area contributed by atoms with E-state index in [-0.39, 0.29) is 0 Å². The van der Waals surface area contributed by atoms with Crippen LogP contribution in [0.15, 0.2) is 25.3 Å². The Labute approximate surface area is 89.6 Å². The van der Waals surface area contributed by atoms with Crippen molar-refractivity contribution in [1.29, 1.82) is 0 Å². The molecular weight excluding hydrogens is 196 g/mol. The molecule has 0 saturated heterocycles. The summed E-state index contributed by atoms with van der Waals surface area (Å²) in [5, 5.41) is 0. The van der Waals surface area contributed by atoms with E-state index >= 15 is 0 Å². The quantitative estimate of drug-likeness (QED) is 0.394. The Hall–Kier alpha value is -1.58. The van der Waals surface area contributed by atoms with Crippen molar-refractivity contribution >= 4 is 11.9 Å². The van der Waals surface area contributed by atoms with Crippen LogP contribution >= 0.6 is 0 Å². The minimum atomic E-state index is -0.960. The Morgan fingerprint density at radius 1 is 1.33 bits per heavy atom. The van der Waals surface area contributed by atoms with Gasteiger partial charge in [-0.25, -0.2) is 4.79 Å². The zero-order chi connectivity index (χ0) is 12.1. The van der Waals surface area contributed by atoms with Gasteiger partial charge >= 0.3 is 11.9 Å². The van der Waals surface area contributed by atoms with Crippen LogP contribution in [0.5, 0.6) is 0 Å². The molecule has 0 amide bonds. The van der Waals surface area contributed by atoms with E-state index in [0.717, 1.165) is 6.08 Å². The van der Waals surface area contributed by atoms with Gasteiger partial charge < -0.3 is 9.47 Å². The first-order valence-corrected chi connectivity index (χ1v) is 4.48. The molecule has 0 radical (unpaired) electrons. The average Bonchev–Trinajstić information content (AvgIpc) is 2.12. The lowest BCUT2D eigenvalue weighted by molar-refractivity contribution is -0.170. The molecular formula is C11H16O4. The smallest absolute Gasteiger partial charge is 0.330 e. The van der Waals surface area contributed by atoms with Gasteiger partial charge in [0, 0.05) is 13.0 Å². The van der Waals surface area contributed by atoms with Crippen LogP contribution in [-0.2, 0) is 19.1 Å². The number of esters is 2. The highest BCUT2D eigenvalue weighted by Crippen LogP contribution is 2.19. The predicted octanol–water partition coefficient (Wildman–Crippen LogP) is 1.61. The summed E-state index contributed by atoms with van der Waals surface area (Å²) in [5.41, 5.74) is -0.960. The van der Waals surface area contributed by atoms with Gasteiger partial charge in [0.2, 0.25) is 0 Å². The number of carbonyl (C=O) groups excluding carboxylic acids is 2. The van der Waals surface area contributed by atoms with Gasteiger partial charge in [-0.3, -0.25) is 4.79 Å². The molecule has 84 valence electrons. The molecule has 4 heteroatoms. The summed E-state index contributed by atoms with van der Waals surface area (Å²) < 4.78 is 9.98. The predicted molar refractivity (Wildman–Crippen MR) is 56.1 cm³/mol. The van der Waals surface area contributed by atoms with E-state index in [9.17, 15) is 9.59 Å². The fourth-order valence-corrected chi connectivity index (χ4v) is 1.01. The van der Waals surface area contributed by atoms with Gasteiger partial charge in [-0.1, -0.05) is 13.2 Å². The van der Waals surface area contributed by atoms with Crippen LogP contribution in [0.25, 0.3) is 0 Å². The maximum absolute atomic E-state index is 11.0. The molecule has 4 nitrogen and oxygen atoms in total. The van der Waals surface area contributed by atoms with Crippen LogP contribution in [0.4, 0.5) is 0 Å². The SMILES string of the molecule is C=CC(=O)OC(C)(C)C(C=C)OC(C)=O. The van der Waals surface area contributed by atoms with E-state index in [1.165, 1.54) is 13.0 Å². The van der Waals surface area contributed by atoms with Crippen molar-refractivity contribution in [2.75, 3.05) is 0 Å². The molecule has 0 rings (SSSR count). The zero-order valence-electron chi connectivity index (χ0n) is 9.28. The van der Waals surface area contributed by atoms with E-state index in [4.69, 9.17) is 9.47 Å². The molecule has 0 saturated carbocycles. The zero-order valence-corrected chi connectivity index (χ0v) is 9.28. The van der Waals surface area contributed by atoms with E-state index in [0.29, 0.717) is 0 Å². The average molecular weight is 212 g/mol. The summed E-state index contributed by atoms with van der Waals surface area (Å²) in [6, 6.07) is 0. The van der Waals surface area contributed by atoms with Crippen molar-refractivity contribution in [2.24, 2.45) is 0 Å². The van der Waals surface area contributed by atoms with Crippen molar-refractivity contribution < 1.29 is 19.1 Å². The van der Waals surface area contributed by atoms with Crippen LogP contribution < -0.4 is 0 Å². The topological polar surface area (TPSA) is 52.6 Å². The van der Waals surface area contributed by atoms with Gasteiger partial charge in [0.1, 0.15) is 5.60 Å². The highest BCUT2D eigenvalue weighted by Gasteiger charge is 2.33. The molecule has 0 aromatic rings. The molecule has 0 aromatic heterocycles. The number of hydrogen-bond donors (Lipinski definition) is 0. The molecule has 0 bridgehead atoms. The van der Waals surface area contributed by atoms with Crippen molar-refractivity contribution in [1.82, 2.24) is 0 Å². The van der Waals surface area contributed by atoms with Gasteiger partial charge in [0.25, 0.3) is 0 Å². The van der Waals surface area contributed by atoms with Crippen LogP contribution in [-0.4, -0.2) is 23.6 Å². The van der Waals surface area contributed by atoms with Crippen molar-refractivity contribution in [3.05, 3.63) is 25.3 Å². The second-order valence-corrected chi connectivity index (χ2v) is 3.49. The normalized spacial score (nSPS) is 12.5. The molecule has 0 aliphatic rings. The van der Waals surface area contributed by atoms with E-state index in [1.54, 1.807) is 13.8 Å². The second-order valence-electron chi connectivity index (χ2n) is 3.49. The lowest BCUT2D eigenvalue weighted by Crippen LogP contribution is -2.41. The summed E-state index contributed by atoms with van der Waals surface area (Å²) in [6.45, 7) is 11.3. The van der Waals surface area contributed by atoms with Crippen molar-refractivity contribution in [2.45, 2.75) is 32.5 Å². The monoisotopic (exact) mass is 212 g/mol. The Bertz CT molecular complexity index is 278. The fourth-order valence-electron chi connectivity index (χ4n) is 1.01. The highest BCUT2D eigenvalue weighted by molar-refractivity contribution is 5.81. The summed E-state index contributed by atoms with van der Waals surface area (Å²) in [4.78, 5) is 21.8. The first-order chi connectivity index (χ1) is 6.83. The van der Waals surface area contributed by atoms with Gasteiger partial charge in [-0.2, -0.15) is 0 Å². The second kappa shape index (κ2) is 5.34. The number of hydrogen-bond acceptors (Lipinski definition) is 4. The third kappa shape index (κ3) is 4.44. The number of carbonyl (C=O) groups is 2. The lowest BCUT2D eigenvalue weighted by Gasteiger charge is -2.30. The molecule has 0 N–H and O–H groups in total. The molecule has 15 heavy (non-hydrogen) atoms. The summed E-state index contributed by atoms with van der Waals surface area (Å²) in [5.74, 6) is -1.03. The molecule has 0 aliphatic heterocycles. The summed E-state index contributed by atoms with van der Waals surface area (Å²) >= 11 is 0. The summed E-state index contributed by atoms with van der Waals surface area (Å²) in [6.07, 6.45) is 1.78. The van der Waals surface area contributed by atoms with Crippen LogP contribution in [0.2, 0.25) is 0 Å². The molecule has 0 aliphatic carbocycles. The number of rotatable bonds is 5. The Kier molecular flexibility index (Phi) is 4.78. The first-order valence-electron chi connectivity index (χ1n) is 4.48. The maximum Gasteiger partial charge on any atom is 0.330 e. The maximum atomic E-state index is 11.0. The molecule has 0 fully saturated rings. The highest BCUT2D eigenvalue weighted by atomic mass is 16.6. The molecule has 1 unspecified atom stereocenters. The van der Waals surface area contributed by atoms with Gasteiger partial charge in [-0.05, 0) is 19.9 Å². The Balaban J connectivity index is 4.63. The molecule has 0 spiro atoms. The fraction of sp³-hybridized carbons (Fsp3) is 0.455. The van der Waals surface area contributed by atoms with Crippen molar-refractivity contribution in [3.63, 3.8) is 0 Å². The minimum Gasteiger partial charge on any atom is -0.454 e. The third-order valence-corrected chi connectivity index (χ3v) is 1.72. The summed E-state index contributed by atoms with van der Waals surface area (Å²) in [7, 11) is 0. The largest absolute Gasteiger partial charge is 0.454 e. The van der Waals surface area contributed by atoms with Crippen molar-refractivity contribution in [3.8, 4) is 0 Å². The van der Waals surface area contributed by atoms with E-state index < -0.39 is 23.6 Å². The standard InChI is InChI=1S/C11H16O4/c1-6-9(14-8(3)12)11(4,5)15-10(13)7-2/h6-7,9H,1-2H2,3-5H3. The minimum absolute atomic E-state index is 0.456. The van der Waals surface area contributed by atoms with Crippen LogP contribution in [0, 0.1) is 0 Å². The third-order valence-electron chi connectivity index (χ3n) is 1.72. The Morgan fingerprint density at radius 3 is 2.20 bits per heavy atom. The molecule has 0 heterocycles. The van der Waals surface area contributed by atoms with Crippen LogP contribution in [0.1, 0.15) is 20.8 Å². The Morgan fingerprint density at radius 2 is 1.87 bits per heavy atom. The van der Waals surface area contributed by atoms with Gasteiger partial charge in [0.05, 0.1) is 0 Å². The molecule has 0 aromatic carbocycles. The first kappa shape index (κ1) is 13.4. The van der Waals surface area contributed by atoms with Gasteiger partial charge in [-0.15, -0.1) is 0 Å². The lowest BCUT2D eigenvalue weighted by atomic mass is 10.0. The number of ether oxygens (including phenoxy) is 2. The van der Waals surface area contributed by atoms with Crippen LogP contribution in [0.3, 0.4) is 0 Å². The van der Waals surface area contributed by atoms with E-state index in [1.807, 2.05) is 0 Å². The van der Waals surface area contributed by atoms with E-state index in [2.05, 4.69) is 13.2 Å².